The third kappa shape index (κ3) is 75.6. The summed E-state index contributed by atoms with van der Waals surface area (Å²) in [5, 5.41) is 10.6. The van der Waals surface area contributed by atoms with Crippen LogP contribution in [0.1, 0.15) is 408 Å². The van der Waals surface area contributed by atoms with Crippen LogP contribution in [0.25, 0.3) is 0 Å². The average molecular weight is 1480 g/mol. The minimum atomic E-state index is -4.97. The molecule has 0 aliphatic rings. The molecule has 2 unspecified atom stereocenters. The molecule has 101 heavy (non-hydrogen) atoms. The van der Waals surface area contributed by atoms with Crippen LogP contribution in [-0.4, -0.2) is 96.7 Å². The van der Waals surface area contributed by atoms with Crippen molar-refractivity contribution in [3.8, 4) is 0 Å². The number of hydrogen-bond acceptors (Lipinski definition) is 15. The fourth-order valence-corrected chi connectivity index (χ4v) is 13.8. The van der Waals surface area contributed by atoms with E-state index in [2.05, 4.69) is 65.8 Å². The van der Waals surface area contributed by atoms with E-state index >= 15 is 0 Å². The van der Waals surface area contributed by atoms with E-state index in [0.717, 1.165) is 121 Å². The number of ether oxygens (including phenoxy) is 4. The molecule has 0 aromatic heterocycles. The van der Waals surface area contributed by atoms with E-state index in [1.807, 2.05) is 0 Å². The lowest BCUT2D eigenvalue weighted by molar-refractivity contribution is -0.161. The van der Waals surface area contributed by atoms with Crippen LogP contribution >= 0.6 is 15.6 Å². The SMILES string of the molecule is CCCCCC/C=C\C=C/CCCCCCCC(=O)O[C@H](COC(=O)CCCCCCCCCC)COP(=O)(O)OC[C@H](O)COP(=O)(O)OC[C@@H](COC(=O)CCCCCCCCCCCCCCCCCCC(C)C)OC(=O)CCCCCCCCCCCCCCCCCCC(C)C. The van der Waals surface area contributed by atoms with Gasteiger partial charge in [0.05, 0.1) is 26.4 Å². The lowest BCUT2D eigenvalue weighted by atomic mass is 10.0. The first-order chi connectivity index (χ1) is 48.9. The van der Waals surface area contributed by atoms with Crippen LogP contribution < -0.4 is 0 Å². The van der Waals surface area contributed by atoms with Gasteiger partial charge in [0.25, 0.3) is 0 Å². The quantitative estimate of drug-likeness (QED) is 0.0169. The average Bonchev–Trinajstić information content (AvgIpc) is 0.932. The van der Waals surface area contributed by atoms with E-state index in [4.69, 9.17) is 37.0 Å². The Morgan fingerprint density at radius 3 is 0.812 bits per heavy atom. The van der Waals surface area contributed by atoms with Gasteiger partial charge in [-0.2, -0.15) is 0 Å². The third-order valence-electron chi connectivity index (χ3n) is 18.6. The Morgan fingerprint density at radius 2 is 0.535 bits per heavy atom. The number of rotatable bonds is 79. The van der Waals surface area contributed by atoms with E-state index in [0.29, 0.717) is 25.7 Å². The molecule has 0 bridgehead atoms. The number of esters is 4. The van der Waals surface area contributed by atoms with Crippen molar-refractivity contribution in [1.29, 1.82) is 0 Å². The zero-order chi connectivity index (χ0) is 74.2. The van der Waals surface area contributed by atoms with Crippen LogP contribution in [0.15, 0.2) is 24.3 Å². The summed E-state index contributed by atoms with van der Waals surface area (Å²) in [5.74, 6) is -0.521. The predicted octanol–water partition coefficient (Wildman–Crippen LogP) is 24.2. The highest BCUT2D eigenvalue weighted by Crippen LogP contribution is 2.45. The highest BCUT2D eigenvalue weighted by Gasteiger charge is 2.30. The second-order valence-corrected chi connectivity index (χ2v) is 32.7. The number of hydrogen-bond donors (Lipinski definition) is 3. The lowest BCUT2D eigenvalue weighted by Crippen LogP contribution is -2.30. The summed E-state index contributed by atoms with van der Waals surface area (Å²) in [6.07, 6.45) is 66.1. The molecule has 596 valence electrons. The van der Waals surface area contributed by atoms with E-state index in [9.17, 15) is 43.2 Å². The topological polar surface area (TPSA) is 237 Å². The first-order valence-corrected chi connectivity index (χ1v) is 44.8. The molecule has 17 nitrogen and oxygen atoms in total. The number of aliphatic hydroxyl groups excluding tert-OH is 1. The molecule has 0 amide bonds. The van der Waals surface area contributed by atoms with Crippen LogP contribution in [0.2, 0.25) is 0 Å². The molecule has 0 saturated carbocycles. The van der Waals surface area contributed by atoms with Gasteiger partial charge < -0.3 is 33.8 Å². The molecule has 19 heteroatoms. The standard InChI is InChI=1S/C82H156O17P2/c1-7-9-11-13-15-17-18-19-24-32-37-42-48-54-60-66-81(86)98-77(70-92-79(84)64-58-52-46-16-14-12-10-8-2)72-96-100(88,89)94-68-76(83)69-95-101(90,91)97-73-78(99-82(87)67-61-55-49-43-38-33-28-23-21-26-30-35-40-45-51-57-63-75(5)6)71-93-80(85)65-59-53-47-41-36-31-27-22-20-25-29-34-39-44-50-56-62-74(3)4/h17-19,24,74-78,83H,7-16,20-23,25-73H2,1-6H3,(H,88,89)(H,90,91)/b18-17-,24-19-/t76-,77+,78+/m0/s1. The largest absolute Gasteiger partial charge is 0.472 e. The number of allylic oxidation sites excluding steroid dienone is 4. The van der Waals surface area contributed by atoms with Gasteiger partial charge >= 0.3 is 39.5 Å². The Balaban J connectivity index is 5.23. The summed E-state index contributed by atoms with van der Waals surface area (Å²) in [7, 11) is -9.93. The summed E-state index contributed by atoms with van der Waals surface area (Å²) in [5.41, 5.74) is 0. The fourth-order valence-electron chi connectivity index (χ4n) is 12.2. The predicted molar refractivity (Wildman–Crippen MR) is 414 cm³/mol. The van der Waals surface area contributed by atoms with Gasteiger partial charge in [-0.3, -0.25) is 37.3 Å². The Hall–Kier alpha value is -2.46. The number of unbranched alkanes of at least 4 members (excludes halogenated alkanes) is 46. The molecule has 0 aliphatic heterocycles. The van der Waals surface area contributed by atoms with Crippen molar-refractivity contribution in [1.82, 2.24) is 0 Å². The summed E-state index contributed by atoms with van der Waals surface area (Å²) < 4.78 is 68.6. The summed E-state index contributed by atoms with van der Waals surface area (Å²) in [6.45, 7) is 9.61. The number of aliphatic hydroxyl groups is 1. The minimum Gasteiger partial charge on any atom is -0.462 e. The molecular weight excluding hydrogens is 1320 g/mol. The van der Waals surface area contributed by atoms with Gasteiger partial charge in [0, 0.05) is 25.7 Å². The van der Waals surface area contributed by atoms with E-state index in [-0.39, 0.29) is 25.7 Å². The fraction of sp³-hybridized carbons (Fsp3) is 0.902. The van der Waals surface area contributed by atoms with Crippen molar-refractivity contribution in [2.75, 3.05) is 39.6 Å². The van der Waals surface area contributed by atoms with Crippen LogP contribution in [0.4, 0.5) is 0 Å². The minimum absolute atomic E-state index is 0.0850. The van der Waals surface area contributed by atoms with E-state index in [1.54, 1.807) is 0 Å². The first kappa shape index (κ1) is 98.5. The Bertz CT molecular complexity index is 2040. The molecule has 0 aromatic carbocycles. The zero-order valence-corrected chi connectivity index (χ0v) is 67.5. The van der Waals surface area contributed by atoms with Crippen molar-refractivity contribution in [2.45, 2.75) is 426 Å². The molecule has 0 aliphatic carbocycles. The summed E-state index contributed by atoms with van der Waals surface area (Å²) >= 11 is 0. The Labute approximate surface area is 618 Å². The van der Waals surface area contributed by atoms with Gasteiger partial charge in [-0.15, -0.1) is 0 Å². The molecule has 3 N–H and O–H groups in total. The van der Waals surface area contributed by atoms with Crippen molar-refractivity contribution in [3.63, 3.8) is 0 Å². The van der Waals surface area contributed by atoms with Crippen LogP contribution in [-0.2, 0) is 65.4 Å². The maximum absolute atomic E-state index is 13.1. The highest BCUT2D eigenvalue weighted by molar-refractivity contribution is 7.47. The van der Waals surface area contributed by atoms with E-state index < -0.39 is 97.5 Å². The second kappa shape index (κ2) is 73.1. The molecule has 0 aromatic rings. The molecule has 0 fully saturated rings. The van der Waals surface area contributed by atoms with Crippen LogP contribution in [0.3, 0.4) is 0 Å². The second-order valence-electron chi connectivity index (χ2n) is 29.8. The maximum Gasteiger partial charge on any atom is 0.472 e. The zero-order valence-electron chi connectivity index (χ0n) is 65.7. The molecule has 0 saturated heterocycles. The molecule has 5 atom stereocenters. The van der Waals surface area contributed by atoms with Gasteiger partial charge in [-0.25, -0.2) is 9.13 Å². The summed E-state index contributed by atoms with van der Waals surface area (Å²) in [6, 6.07) is 0. The van der Waals surface area contributed by atoms with Gasteiger partial charge in [-0.1, -0.05) is 355 Å². The first-order valence-electron chi connectivity index (χ1n) is 41.8. The normalized spacial score (nSPS) is 14.0. The molecule has 0 radical (unpaired) electrons. The molecular formula is C82H156O17P2. The third-order valence-corrected chi connectivity index (χ3v) is 20.5. The Morgan fingerprint density at radius 1 is 0.307 bits per heavy atom. The lowest BCUT2D eigenvalue weighted by Gasteiger charge is -2.21. The Kier molecular flexibility index (Phi) is 71.3. The van der Waals surface area contributed by atoms with Gasteiger partial charge in [0.15, 0.2) is 12.2 Å². The summed E-state index contributed by atoms with van der Waals surface area (Å²) in [4.78, 5) is 72.9. The van der Waals surface area contributed by atoms with Gasteiger partial charge in [-0.05, 0) is 63.2 Å². The molecule has 0 spiro atoms. The van der Waals surface area contributed by atoms with Gasteiger partial charge in [0.2, 0.25) is 0 Å². The number of carbonyl (C=O) groups is 4. The highest BCUT2D eigenvalue weighted by atomic mass is 31.2. The number of phosphoric ester groups is 2. The van der Waals surface area contributed by atoms with Gasteiger partial charge in [0.1, 0.15) is 19.3 Å². The van der Waals surface area contributed by atoms with Crippen molar-refractivity contribution in [3.05, 3.63) is 24.3 Å². The smallest absolute Gasteiger partial charge is 0.462 e. The molecule has 0 rings (SSSR count). The number of carbonyl (C=O) groups excluding carboxylic acids is 4. The van der Waals surface area contributed by atoms with E-state index in [1.165, 1.54) is 205 Å². The van der Waals surface area contributed by atoms with Crippen LogP contribution in [0.5, 0.6) is 0 Å². The van der Waals surface area contributed by atoms with Crippen molar-refractivity contribution >= 4 is 39.5 Å². The maximum atomic E-state index is 13.1. The number of phosphoric acid groups is 2. The van der Waals surface area contributed by atoms with Crippen molar-refractivity contribution < 1.29 is 80.2 Å². The molecule has 0 heterocycles. The monoisotopic (exact) mass is 1480 g/mol. The van der Waals surface area contributed by atoms with Crippen LogP contribution in [0, 0.1) is 11.8 Å². The van der Waals surface area contributed by atoms with Crippen molar-refractivity contribution in [2.24, 2.45) is 11.8 Å².